The average Bonchev–Trinajstić information content (AvgIpc) is 2.88. The minimum atomic E-state index is -5.07. The summed E-state index contributed by atoms with van der Waals surface area (Å²) in [5.74, 6) is 0.414. The number of anilines is 3. The molecule has 0 fully saturated rings. The van der Waals surface area contributed by atoms with Gasteiger partial charge < -0.3 is 16.2 Å². The van der Waals surface area contributed by atoms with Gasteiger partial charge in [0.1, 0.15) is 18.2 Å². The first-order chi connectivity index (χ1) is 19.8. The number of nitrogens with zero attached hydrogens (tertiary/aromatic N) is 2. The molecular formula is C23H20Cl2FN5O9S3. The van der Waals surface area contributed by atoms with Crippen LogP contribution in [0, 0.1) is 0 Å². The number of hydrogen-bond donors (Lipinski definition) is 5. The number of hydrogen-bond acceptors (Lipinski definition) is 11. The highest BCUT2D eigenvalue weighted by atomic mass is 35.5. The second kappa shape index (κ2) is 13.2. The number of nitrogen functional groups attached to an aromatic ring is 2. The van der Waals surface area contributed by atoms with E-state index in [-0.39, 0.29) is 24.1 Å². The van der Waals surface area contributed by atoms with Gasteiger partial charge in [-0.1, -0.05) is 35.3 Å². The van der Waals surface area contributed by atoms with Crippen LogP contribution in [-0.2, 0) is 37.3 Å². The number of aromatic nitrogens is 2. The molecule has 7 N–H and O–H groups in total. The molecule has 0 aliphatic carbocycles. The molecule has 1 aromatic heterocycles. The normalized spacial score (nSPS) is 11.7. The smallest absolute Gasteiger partial charge is 0.394 e. The van der Waals surface area contributed by atoms with Gasteiger partial charge >= 0.3 is 20.6 Å². The minimum absolute atomic E-state index is 0.0562. The summed E-state index contributed by atoms with van der Waals surface area (Å²) in [5, 5.41) is 0.669. The molecule has 4 aromatic rings. The zero-order valence-electron chi connectivity index (χ0n) is 21.2. The monoisotopic (exact) mass is 695 g/mol. The Bertz CT molecular complexity index is 1970. The maximum absolute atomic E-state index is 13.3. The van der Waals surface area contributed by atoms with Crippen LogP contribution < -0.4 is 20.9 Å². The Balaban J connectivity index is 0.000000934. The summed E-state index contributed by atoms with van der Waals surface area (Å²) < 4.78 is 100. The van der Waals surface area contributed by atoms with E-state index in [2.05, 4.69) is 14.7 Å². The molecule has 0 saturated heterocycles. The van der Waals surface area contributed by atoms with E-state index in [9.17, 15) is 20.7 Å². The molecule has 0 unspecified atom stereocenters. The molecule has 43 heavy (non-hydrogen) atoms. The van der Waals surface area contributed by atoms with Crippen molar-refractivity contribution >= 4 is 71.3 Å². The predicted octanol–water partition coefficient (Wildman–Crippen LogP) is 4.00. The lowest BCUT2D eigenvalue weighted by Gasteiger charge is -2.14. The molecule has 0 saturated carbocycles. The van der Waals surface area contributed by atoms with Gasteiger partial charge in [-0.3, -0.25) is 13.8 Å². The van der Waals surface area contributed by atoms with E-state index in [1.165, 1.54) is 24.3 Å². The summed E-state index contributed by atoms with van der Waals surface area (Å²) in [5.41, 5.74) is 13.4. The van der Waals surface area contributed by atoms with Crippen LogP contribution >= 0.6 is 23.2 Å². The molecule has 0 bridgehead atoms. The highest BCUT2D eigenvalue weighted by Crippen LogP contribution is 2.34. The largest absolute Gasteiger partial charge is 0.487 e. The van der Waals surface area contributed by atoms with Crippen LogP contribution in [0.3, 0.4) is 0 Å². The molecule has 0 spiro atoms. The lowest BCUT2D eigenvalue weighted by atomic mass is 10.0. The topological polar surface area (TPSA) is 242 Å². The summed E-state index contributed by atoms with van der Waals surface area (Å²) in [6.45, 7) is -0.0674. The Morgan fingerprint density at radius 3 is 2.02 bits per heavy atom. The zero-order valence-corrected chi connectivity index (χ0v) is 25.2. The Hall–Kier alpha value is -3.78. The maximum Gasteiger partial charge on any atom is 0.394 e. The fraction of sp³-hybridized carbons (Fsp3) is 0.0435. The van der Waals surface area contributed by atoms with Crippen LogP contribution in [0.5, 0.6) is 5.75 Å². The lowest BCUT2D eigenvalue weighted by Crippen LogP contribution is -2.13. The highest BCUT2D eigenvalue weighted by Gasteiger charge is 2.20. The molecule has 20 heteroatoms. The van der Waals surface area contributed by atoms with Gasteiger partial charge in [-0.05, 0) is 60.2 Å². The van der Waals surface area contributed by atoms with E-state index in [1.54, 1.807) is 18.2 Å². The molecule has 0 amide bonds. The Kier molecular flexibility index (Phi) is 10.4. The molecule has 14 nitrogen and oxygen atoms in total. The van der Waals surface area contributed by atoms with Crippen molar-refractivity contribution in [2.75, 3.05) is 16.2 Å². The van der Waals surface area contributed by atoms with Crippen molar-refractivity contribution in [3.05, 3.63) is 82.5 Å². The van der Waals surface area contributed by atoms with Crippen molar-refractivity contribution in [2.24, 2.45) is 0 Å². The van der Waals surface area contributed by atoms with E-state index >= 15 is 0 Å². The zero-order chi connectivity index (χ0) is 32.2. The molecule has 0 aliphatic heterocycles. The van der Waals surface area contributed by atoms with Crippen LogP contribution in [-0.4, -0.2) is 44.3 Å². The van der Waals surface area contributed by atoms with E-state index in [0.717, 1.165) is 24.3 Å². The van der Waals surface area contributed by atoms with Crippen LogP contribution in [0.1, 0.15) is 5.69 Å². The minimum Gasteiger partial charge on any atom is -0.487 e. The van der Waals surface area contributed by atoms with Crippen molar-refractivity contribution in [1.82, 2.24) is 9.97 Å². The first-order valence-electron chi connectivity index (χ1n) is 11.2. The van der Waals surface area contributed by atoms with Crippen molar-refractivity contribution in [2.45, 2.75) is 16.4 Å². The Morgan fingerprint density at radius 1 is 0.837 bits per heavy atom. The van der Waals surface area contributed by atoms with Gasteiger partial charge in [0.05, 0.1) is 25.5 Å². The number of benzene rings is 3. The highest BCUT2D eigenvalue weighted by molar-refractivity contribution is 7.92. The summed E-state index contributed by atoms with van der Waals surface area (Å²) in [7, 11) is -13.9. The second-order valence-electron chi connectivity index (χ2n) is 8.20. The van der Waals surface area contributed by atoms with Crippen molar-refractivity contribution < 1.29 is 43.0 Å². The third-order valence-electron chi connectivity index (χ3n) is 5.12. The van der Waals surface area contributed by atoms with Gasteiger partial charge in [-0.15, -0.1) is 3.89 Å². The number of nitrogens with two attached hydrogens (primary N) is 2. The number of halogens is 3. The Morgan fingerprint density at radius 2 is 1.44 bits per heavy atom. The molecule has 0 radical (unpaired) electrons. The van der Waals surface area contributed by atoms with Crippen LogP contribution in [0.25, 0.3) is 11.1 Å². The van der Waals surface area contributed by atoms with Gasteiger partial charge in [0.25, 0.3) is 10.0 Å². The van der Waals surface area contributed by atoms with Crippen molar-refractivity contribution in [3.8, 4) is 16.9 Å². The predicted molar refractivity (Wildman–Crippen MR) is 157 cm³/mol. The first-order valence-corrected chi connectivity index (χ1v) is 16.2. The number of ether oxygens (including phenoxy) is 1. The van der Waals surface area contributed by atoms with E-state index in [4.69, 9.17) is 56.9 Å². The number of nitrogens with one attached hydrogen (secondary N) is 1. The molecule has 4 rings (SSSR count). The fourth-order valence-corrected chi connectivity index (χ4v) is 5.38. The first kappa shape index (κ1) is 33.7. The third-order valence-corrected chi connectivity index (χ3v) is 8.05. The standard InChI is InChI=1S/C23H18Cl2FN5O5S2.H2O4S/c24-18-9-4-13(10-19(18)25)21-20(29-23(28)30-22(21)27)12-36-15-7-5-14(6-8-15)31-38(34,35)17-3-1-2-16(11-17)37(26,32)33;1-5(2,3)4/h1-11,31H,12H2,(H4,27,28,29,30);(H2,1,2,3,4). The third kappa shape index (κ3) is 9.89. The van der Waals surface area contributed by atoms with Crippen LogP contribution in [0.4, 0.5) is 21.3 Å². The molecular weight excluding hydrogens is 676 g/mol. The molecule has 1 heterocycles. The molecule has 3 aromatic carbocycles. The summed E-state index contributed by atoms with van der Waals surface area (Å²) in [6, 6.07) is 14.7. The summed E-state index contributed by atoms with van der Waals surface area (Å²) >= 11 is 12.1. The van der Waals surface area contributed by atoms with Gasteiger partial charge in [-0.2, -0.15) is 21.8 Å². The molecule has 0 atom stereocenters. The lowest BCUT2D eigenvalue weighted by molar-refractivity contribution is 0.302. The fourth-order valence-electron chi connectivity index (χ4n) is 3.39. The maximum atomic E-state index is 13.3. The van der Waals surface area contributed by atoms with Gasteiger partial charge in [-0.25, -0.2) is 13.4 Å². The summed E-state index contributed by atoms with van der Waals surface area (Å²) in [6.07, 6.45) is 0. The van der Waals surface area contributed by atoms with E-state index in [1.807, 2.05) is 0 Å². The van der Waals surface area contributed by atoms with Crippen LogP contribution in [0.2, 0.25) is 10.0 Å². The van der Waals surface area contributed by atoms with Crippen molar-refractivity contribution in [3.63, 3.8) is 0 Å². The van der Waals surface area contributed by atoms with Gasteiger partial charge in [0.15, 0.2) is 0 Å². The van der Waals surface area contributed by atoms with Gasteiger partial charge in [0.2, 0.25) is 5.95 Å². The quantitative estimate of drug-likeness (QED) is 0.129. The van der Waals surface area contributed by atoms with Gasteiger partial charge in [0, 0.05) is 11.3 Å². The Labute approximate surface area is 255 Å². The SMILES string of the molecule is Nc1nc(N)c(-c2ccc(Cl)c(Cl)c2)c(COc2ccc(NS(=O)(=O)c3cccc(S(=O)(=O)F)c3)cc2)n1.O=S(=O)(O)O. The average molecular weight is 697 g/mol. The van der Waals surface area contributed by atoms with Crippen molar-refractivity contribution in [1.29, 1.82) is 0 Å². The molecule has 0 aliphatic rings. The number of rotatable bonds is 8. The summed E-state index contributed by atoms with van der Waals surface area (Å²) in [4.78, 5) is 7.03. The number of sulfonamides is 1. The molecule has 230 valence electrons. The van der Waals surface area contributed by atoms with E-state index in [0.29, 0.717) is 32.6 Å². The van der Waals surface area contributed by atoms with Crippen LogP contribution in [0.15, 0.2) is 76.5 Å². The van der Waals surface area contributed by atoms with E-state index < -0.39 is 40.4 Å². The second-order valence-corrected chi connectivity index (χ2v) is 12.9.